The second-order valence-electron chi connectivity index (χ2n) is 3.60. The lowest BCUT2D eigenvalue weighted by atomic mass is 10.0. The van der Waals surface area contributed by atoms with Crippen LogP contribution in [0.2, 0.25) is 0 Å². The van der Waals surface area contributed by atoms with E-state index in [9.17, 15) is 9.59 Å². The van der Waals surface area contributed by atoms with Crippen LogP contribution >= 0.6 is 0 Å². The van der Waals surface area contributed by atoms with Crippen LogP contribution in [0, 0.1) is 0 Å². The van der Waals surface area contributed by atoms with E-state index in [0.717, 1.165) is 5.56 Å². The van der Waals surface area contributed by atoms with Crippen molar-refractivity contribution in [2.75, 3.05) is 0 Å². The molecule has 0 atom stereocenters. The molecule has 0 radical (unpaired) electrons. The molecule has 0 aliphatic heterocycles. The van der Waals surface area contributed by atoms with E-state index in [-0.39, 0.29) is 5.56 Å². The molecule has 0 aliphatic rings. The first-order valence-electron chi connectivity index (χ1n) is 5.11. The summed E-state index contributed by atoms with van der Waals surface area (Å²) in [5.41, 5.74) is 0.577. The number of carboxylic acid groups (broad SMARTS) is 2. The van der Waals surface area contributed by atoms with Crippen molar-refractivity contribution in [2.45, 2.75) is 0 Å². The third-order valence-corrected chi connectivity index (χ3v) is 2.43. The van der Waals surface area contributed by atoms with Gasteiger partial charge in [0.05, 0.1) is 5.56 Å². The van der Waals surface area contributed by atoms with Gasteiger partial charge in [0, 0.05) is 11.8 Å². The SMILES string of the molecule is O=C(O)c1cc(-c2ccccc2)cnc1C(=O)O. The molecule has 18 heavy (non-hydrogen) atoms. The fourth-order valence-electron chi connectivity index (χ4n) is 1.59. The van der Waals surface area contributed by atoms with Gasteiger partial charge in [0.1, 0.15) is 0 Å². The number of hydrogen-bond donors (Lipinski definition) is 2. The molecule has 0 saturated carbocycles. The summed E-state index contributed by atoms with van der Waals surface area (Å²) in [6.45, 7) is 0. The van der Waals surface area contributed by atoms with Gasteiger partial charge in [0.25, 0.3) is 0 Å². The van der Waals surface area contributed by atoms with Crippen LogP contribution in [0.25, 0.3) is 11.1 Å². The second-order valence-corrected chi connectivity index (χ2v) is 3.60. The van der Waals surface area contributed by atoms with Crippen LogP contribution in [0.4, 0.5) is 0 Å². The van der Waals surface area contributed by atoms with E-state index in [4.69, 9.17) is 10.2 Å². The Bertz CT molecular complexity index is 608. The Hall–Kier alpha value is -2.69. The Morgan fingerprint density at radius 3 is 2.17 bits per heavy atom. The lowest BCUT2D eigenvalue weighted by Gasteiger charge is -2.05. The predicted octanol–water partition coefficient (Wildman–Crippen LogP) is 2.14. The number of nitrogens with zero attached hydrogens (tertiary/aromatic N) is 1. The molecule has 1 heterocycles. The Balaban J connectivity index is 2.57. The molecule has 1 aromatic carbocycles. The number of carboxylic acids is 2. The van der Waals surface area contributed by atoms with Gasteiger partial charge in [-0.25, -0.2) is 14.6 Å². The van der Waals surface area contributed by atoms with Crippen molar-refractivity contribution in [3.63, 3.8) is 0 Å². The Kier molecular flexibility index (Phi) is 3.05. The van der Waals surface area contributed by atoms with Crippen LogP contribution in [-0.2, 0) is 0 Å². The average molecular weight is 243 g/mol. The molecule has 0 amide bonds. The first-order valence-corrected chi connectivity index (χ1v) is 5.11. The zero-order chi connectivity index (χ0) is 13.1. The summed E-state index contributed by atoms with van der Waals surface area (Å²) in [4.78, 5) is 25.5. The molecule has 0 unspecified atom stereocenters. The third-order valence-electron chi connectivity index (χ3n) is 2.43. The highest BCUT2D eigenvalue weighted by molar-refractivity contribution is 6.01. The van der Waals surface area contributed by atoms with Crippen LogP contribution < -0.4 is 0 Å². The number of hydrogen-bond acceptors (Lipinski definition) is 3. The quantitative estimate of drug-likeness (QED) is 0.862. The van der Waals surface area contributed by atoms with Crippen molar-refractivity contribution >= 4 is 11.9 Å². The molecule has 2 N–H and O–H groups in total. The molecule has 0 bridgehead atoms. The minimum Gasteiger partial charge on any atom is -0.478 e. The van der Waals surface area contributed by atoms with E-state index in [0.29, 0.717) is 5.56 Å². The average Bonchev–Trinajstić information content (AvgIpc) is 2.39. The summed E-state index contributed by atoms with van der Waals surface area (Å²) in [6.07, 6.45) is 1.35. The number of carbonyl (C=O) groups is 2. The van der Waals surface area contributed by atoms with Gasteiger partial charge in [-0.15, -0.1) is 0 Å². The number of rotatable bonds is 3. The molecule has 0 fully saturated rings. The number of benzene rings is 1. The predicted molar refractivity (Wildman–Crippen MR) is 63.6 cm³/mol. The van der Waals surface area contributed by atoms with Crippen molar-refractivity contribution in [1.29, 1.82) is 0 Å². The maximum Gasteiger partial charge on any atom is 0.355 e. The lowest BCUT2D eigenvalue weighted by molar-refractivity contribution is 0.0646. The molecule has 2 rings (SSSR count). The number of aromatic nitrogens is 1. The zero-order valence-electron chi connectivity index (χ0n) is 9.20. The minimum atomic E-state index is -1.35. The van der Waals surface area contributed by atoms with Gasteiger partial charge in [-0.3, -0.25) is 0 Å². The Labute approximate surface area is 102 Å². The smallest absolute Gasteiger partial charge is 0.355 e. The normalized spacial score (nSPS) is 10.0. The minimum absolute atomic E-state index is 0.316. The molecule has 5 heteroatoms. The molecular formula is C13H9NO4. The highest BCUT2D eigenvalue weighted by atomic mass is 16.4. The molecule has 0 spiro atoms. The van der Waals surface area contributed by atoms with E-state index in [1.807, 2.05) is 6.07 Å². The van der Waals surface area contributed by atoms with Crippen molar-refractivity contribution in [3.05, 3.63) is 53.9 Å². The highest BCUT2D eigenvalue weighted by Crippen LogP contribution is 2.20. The van der Waals surface area contributed by atoms with Crippen molar-refractivity contribution in [1.82, 2.24) is 4.98 Å². The van der Waals surface area contributed by atoms with E-state index in [1.54, 1.807) is 24.3 Å². The Morgan fingerprint density at radius 2 is 1.61 bits per heavy atom. The molecule has 0 saturated heterocycles. The van der Waals surface area contributed by atoms with Gasteiger partial charge in [-0.2, -0.15) is 0 Å². The maximum absolute atomic E-state index is 11.0. The van der Waals surface area contributed by atoms with Crippen LogP contribution in [0.5, 0.6) is 0 Å². The van der Waals surface area contributed by atoms with Crippen LogP contribution in [0.3, 0.4) is 0 Å². The zero-order valence-corrected chi connectivity index (χ0v) is 9.20. The van der Waals surface area contributed by atoms with E-state index >= 15 is 0 Å². The number of aromatic carboxylic acids is 2. The maximum atomic E-state index is 11.0. The summed E-state index contributed by atoms with van der Waals surface area (Å²) in [6, 6.07) is 10.3. The van der Waals surface area contributed by atoms with E-state index in [2.05, 4.69) is 4.98 Å². The summed E-state index contributed by atoms with van der Waals surface area (Å²) in [7, 11) is 0. The monoisotopic (exact) mass is 243 g/mol. The van der Waals surface area contributed by atoms with Crippen LogP contribution in [-0.4, -0.2) is 27.1 Å². The van der Waals surface area contributed by atoms with E-state index in [1.165, 1.54) is 12.3 Å². The van der Waals surface area contributed by atoms with Crippen LogP contribution in [0.15, 0.2) is 42.6 Å². The summed E-state index contributed by atoms with van der Waals surface area (Å²) in [5.74, 6) is -2.66. The highest BCUT2D eigenvalue weighted by Gasteiger charge is 2.18. The van der Waals surface area contributed by atoms with Crippen LogP contribution in [0.1, 0.15) is 20.8 Å². The fourth-order valence-corrected chi connectivity index (χ4v) is 1.59. The van der Waals surface area contributed by atoms with Gasteiger partial charge >= 0.3 is 11.9 Å². The molecule has 5 nitrogen and oxygen atoms in total. The molecule has 90 valence electrons. The largest absolute Gasteiger partial charge is 0.478 e. The van der Waals surface area contributed by atoms with E-state index < -0.39 is 17.6 Å². The van der Waals surface area contributed by atoms with Gasteiger partial charge in [0.2, 0.25) is 0 Å². The van der Waals surface area contributed by atoms with Crippen molar-refractivity contribution in [2.24, 2.45) is 0 Å². The molecular weight excluding hydrogens is 234 g/mol. The second kappa shape index (κ2) is 4.67. The molecule has 0 aliphatic carbocycles. The first-order chi connectivity index (χ1) is 8.59. The first kappa shape index (κ1) is 11.8. The topological polar surface area (TPSA) is 87.5 Å². The molecule has 1 aromatic heterocycles. The molecule has 2 aromatic rings. The summed E-state index contributed by atoms with van der Waals surface area (Å²) in [5, 5.41) is 17.8. The van der Waals surface area contributed by atoms with Crippen molar-refractivity contribution in [3.8, 4) is 11.1 Å². The number of pyridine rings is 1. The standard InChI is InChI=1S/C13H9NO4/c15-12(16)10-6-9(7-14-11(10)13(17)18)8-4-2-1-3-5-8/h1-7H,(H,15,16)(H,17,18). The van der Waals surface area contributed by atoms with Gasteiger partial charge in [-0.05, 0) is 11.6 Å². The fraction of sp³-hybridized carbons (Fsp3) is 0. The summed E-state index contributed by atoms with van der Waals surface area (Å²) < 4.78 is 0. The van der Waals surface area contributed by atoms with Gasteiger partial charge < -0.3 is 10.2 Å². The van der Waals surface area contributed by atoms with Gasteiger partial charge in [-0.1, -0.05) is 30.3 Å². The third kappa shape index (κ3) is 2.20. The van der Waals surface area contributed by atoms with Crippen molar-refractivity contribution < 1.29 is 19.8 Å². The lowest BCUT2D eigenvalue weighted by Crippen LogP contribution is -2.10. The van der Waals surface area contributed by atoms with Gasteiger partial charge in [0.15, 0.2) is 5.69 Å². The Morgan fingerprint density at radius 1 is 0.944 bits per heavy atom. The summed E-state index contributed by atoms with van der Waals surface area (Å²) >= 11 is 0.